The van der Waals surface area contributed by atoms with Crippen LogP contribution in [0.4, 0.5) is 0 Å². The van der Waals surface area contributed by atoms with Gasteiger partial charge < -0.3 is 4.74 Å². The van der Waals surface area contributed by atoms with Crippen LogP contribution in [0.1, 0.15) is 30.6 Å². The third-order valence-corrected chi connectivity index (χ3v) is 4.16. The molecule has 1 aromatic heterocycles. The van der Waals surface area contributed by atoms with Gasteiger partial charge in [0, 0.05) is 17.0 Å². The van der Waals surface area contributed by atoms with Crippen molar-refractivity contribution in [2.24, 2.45) is 5.92 Å². The summed E-state index contributed by atoms with van der Waals surface area (Å²) in [5.74, 6) is 0.635. The minimum absolute atomic E-state index is 0.138. The number of carbonyl (C=O) groups excluding carboxylic acids is 1. The normalized spacial score (nSPS) is 11.0. The van der Waals surface area contributed by atoms with Gasteiger partial charge >= 0.3 is 6.01 Å². The summed E-state index contributed by atoms with van der Waals surface area (Å²) in [6.07, 6.45) is 0.960. The van der Waals surface area contributed by atoms with Crippen molar-refractivity contribution in [1.82, 2.24) is 14.8 Å². The fraction of sp³-hybridized carbons (Fsp3) is 0.286. The summed E-state index contributed by atoms with van der Waals surface area (Å²) in [5.41, 5.74) is 1.83. The number of ether oxygens (including phenoxy) is 1. The summed E-state index contributed by atoms with van der Waals surface area (Å²) in [6, 6.07) is 17.3. The highest BCUT2D eigenvalue weighted by atomic mass is 35.5. The zero-order valence-electron chi connectivity index (χ0n) is 15.4. The van der Waals surface area contributed by atoms with Gasteiger partial charge in [-0.3, -0.25) is 4.79 Å². The Kier molecular flexibility index (Phi) is 6.24. The third-order valence-electron chi connectivity index (χ3n) is 3.92. The number of hydrogen-bond donors (Lipinski definition) is 0. The molecule has 0 N–H and O–H groups in total. The standard InChI is InChI=1S/C21H22ClN3O2/c1-15(2)14-27-21-23-20(17-9-6-10-18(22)13-17)25(24-21)19(26)12-11-16-7-4-3-5-8-16/h3-10,13,15H,11-12,14H2,1-2H3. The monoisotopic (exact) mass is 383 g/mol. The highest BCUT2D eigenvalue weighted by Gasteiger charge is 2.19. The zero-order chi connectivity index (χ0) is 19.2. The van der Waals surface area contributed by atoms with Crippen LogP contribution in [0.5, 0.6) is 6.01 Å². The molecule has 0 aliphatic rings. The molecule has 0 aliphatic heterocycles. The quantitative estimate of drug-likeness (QED) is 0.581. The number of aryl methyl sites for hydroxylation is 1. The predicted molar refractivity (Wildman–Crippen MR) is 106 cm³/mol. The molecule has 5 nitrogen and oxygen atoms in total. The first-order chi connectivity index (χ1) is 13.0. The molecule has 0 bridgehead atoms. The molecule has 0 saturated heterocycles. The first-order valence-electron chi connectivity index (χ1n) is 8.96. The second-order valence-electron chi connectivity index (χ2n) is 6.72. The van der Waals surface area contributed by atoms with E-state index in [0.717, 1.165) is 11.1 Å². The van der Waals surface area contributed by atoms with E-state index in [9.17, 15) is 4.79 Å². The molecule has 0 saturated carbocycles. The summed E-state index contributed by atoms with van der Waals surface area (Å²) >= 11 is 6.10. The molecule has 6 heteroatoms. The Hall–Kier alpha value is -2.66. The predicted octanol–water partition coefficient (Wildman–Crippen LogP) is 4.91. The molecular weight excluding hydrogens is 362 g/mol. The molecule has 0 unspecified atom stereocenters. The van der Waals surface area contributed by atoms with Gasteiger partial charge in [-0.2, -0.15) is 9.67 Å². The number of benzene rings is 2. The van der Waals surface area contributed by atoms with Gasteiger partial charge in [-0.25, -0.2) is 0 Å². The maximum Gasteiger partial charge on any atom is 0.336 e. The van der Waals surface area contributed by atoms with E-state index in [1.54, 1.807) is 12.1 Å². The van der Waals surface area contributed by atoms with E-state index in [4.69, 9.17) is 16.3 Å². The van der Waals surface area contributed by atoms with Gasteiger partial charge in [0.05, 0.1) is 6.61 Å². The van der Waals surface area contributed by atoms with E-state index in [-0.39, 0.29) is 11.9 Å². The topological polar surface area (TPSA) is 57.0 Å². The lowest BCUT2D eigenvalue weighted by Gasteiger charge is -2.05. The van der Waals surface area contributed by atoms with Crippen LogP contribution < -0.4 is 4.74 Å². The second-order valence-corrected chi connectivity index (χ2v) is 7.16. The molecule has 0 atom stereocenters. The van der Waals surface area contributed by atoms with E-state index in [1.807, 2.05) is 56.3 Å². The van der Waals surface area contributed by atoms with E-state index < -0.39 is 0 Å². The van der Waals surface area contributed by atoms with E-state index in [1.165, 1.54) is 4.68 Å². The Labute approximate surface area is 164 Å². The number of rotatable bonds is 7. The van der Waals surface area contributed by atoms with Gasteiger partial charge in [-0.15, -0.1) is 5.10 Å². The molecule has 0 aliphatic carbocycles. The number of nitrogens with zero attached hydrogens (tertiary/aromatic N) is 3. The Morgan fingerprint density at radius 2 is 1.93 bits per heavy atom. The molecule has 3 aromatic rings. The smallest absolute Gasteiger partial charge is 0.336 e. The summed E-state index contributed by atoms with van der Waals surface area (Å²) in [6.45, 7) is 4.57. The maximum atomic E-state index is 12.8. The SMILES string of the molecule is CC(C)COc1nc(-c2cccc(Cl)c2)n(C(=O)CCc2ccccc2)n1. The van der Waals surface area contributed by atoms with Gasteiger partial charge in [0.2, 0.25) is 5.91 Å². The minimum Gasteiger partial charge on any atom is -0.462 e. The van der Waals surface area contributed by atoms with Crippen molar-refractivity contribution in [1.29, 1.82) is 0 Å². The zero-order valence-corrected chi connectivity index (χ0v) is 16.2. The molecule has 0 spiro atoms. The molecule has 27 heavy (non-hydrogen) atoms. The van der Waals surface area contributed by atoms with E-state index >= 15 is 0 Å². The Morgan fingerprint density at radius 1 is 1.15 bits per heavy atom. The Balaban J connectivity index is 1.85. The average molecular weight is 384 g/mol. The molecular formula is C21H22ClN3O2. The molecule has 140 valence electrons. The van der Waals surface area contributed by atoms with Gasteiger partial charge in [0.15, 0.2) is 5.82 Å². The second kappa shape index (κ2) is 8.82. The molecule has 0 radical (unpaired) electrons. The molecule has 2 aromatic carbocycles. The van der Waals surface area contributed by atoms with Crippen LogP contribution in [0.15, 0.2) is 54.6 Å². The van der Waals surface area contributed by atoms with Crippen molar-refractivity contribution in [3.05, 3.63) is 65.2 Å². The van der Waals surface area contributed by atoms with Gasteiger partial charge in [-0.1, -0.05) is 67.9 Å². The van der Waals surface area contributed by atoms with Crippen LogP contribution in [0, 0.1) is 5.92 Å². The first kappa shape index (κ1) is 19.1. The van der Waals surface area contributed by atoms with Crippen LogP contribution in [0.3, 0.4) is 0 Å². The number of halogens is 1. The van der Waals surface area contributed by atoms with Crippen molar-refractivity contribution in [3.63, 3.8) is 0 Å². The van der Waals surface area contributed by atoms with Gasteiger partial charge in [0.1, 0.15) is 0 Å². The minimum atomic E-state index is -0.138. The van der Waals surface area contributed by atoms with Crippen molar-refractivity contribution in [3.8, 4) is 17.4 Å². The molecule has 1 heterocycles. The first-order valence-corrected chi connectivity index (χ1v) is 9.33. The highest BCUT2D eigenvalue weighted by molar-refractivity contribution is 6.30. The van der Waals surface area contributed by atoms with Crippen molar-refractivity contribution in [2.75, 3.05) is 6.61 Å². The summed E-state index contributed by atoms with van der Waals surface area (Å²) < 4.78 is 6.95. The maximum absolute atomic E-state index is 12.8. The molecule has 0 fully saturated rings. The average Bonchev–Trinajstić information content (AvgIpc) is 3.10. The summed E-state index contributed by atoms with van der Waals surface area (Å²) in [4.78, 5) is 17.2. The molecule has 0 amide bonds. The van der Waals surface area contributed by atoms with Crippen LogP contribution in [-0.2, 0) is 6.42 Å². The number of carbonyl (C=O) groups is 1. The van der Waals surface area contributed by atoms with Crippen LogP contribution in [0.2, 0.25) is 5.02 Å². The van der Waals surface area contributed by atoms with E-state index in [0.29, 0.717) is 36.2 Å². The van der Waals surface area contributed by atoms with Crippen LogP contribution >= 0.6 is 11.6 Å². The van der Waals surface area contributed by atoms with E-state index in [2.05, 4.69) is 10.1 Å². The third kappa shape index (κ3) is 5.17. The summed E-state index contributed by atoms with van der Waals surface area (Å²) in [5, 5.41) is 4.86. The van der Waals surface area contributed by atoms with Crippen LogP contribution in [0.25, 0.3) is 11.4 Å². The van der Waals surface area contributed by atoms with Crippen molar-refractivity contribution >= 4 is 17.5 Å². The van der Waals surface area contributed by atoms with Gasteiger partial charge in [0.25, 0.3) is 0 Å². The number of aromatic nitrogens is 3. The highest BCUT2D eigenvalue weighted by Crippen LogP contribution is 2.24. The Morgan fingerprint density at radius 3 is 2.63 bits per heavy atom. The lowest BCUT2D eigenvalue weighted by Crippen LogP contribution is -2.15. The Bertz CT molecular complexity index is 907. The van der Waals surface area contributed by atoms with Crippen LogP contribution in [-0.4, -0.2) is 27.3 Å². The lowest BCUT2D eigenvalue weighted by molar-refractivity contribution is 0.0886. The lowest BCUT2D eigenvalue weighted by atomic mass is 10.1. The fourth-order valence-corrected chi connectivity index (χ4v) is 2.78. The van der Waals surface area contributed by atoms with Crippen molar-refractivity contribution < 1.29 is 9.53 Å². The fourth-order valence-electron chi connectivity index (χ4n) is 2.59. The number of hydrogen-bond acceptors (Lipinski definition) is 4. The molecule has 3 rings (SSSR count). The van der Waals surface area contributed by atoms with Gasteiger partial charge in [-0.05, 0) is 30.0 Å². The summed E-state index contributed by atoms with van der Waals surface area (Å²) in [7, 11) is 0. The van der Waals surface area contributed by atoms with Crippen molar-refractivity contribution in [2.45, 2.75) is 26.7 Å². The largest absolute Gasteiger partial charge is 0.462 e.